The van der Waals surface area contributed by atoms with Gasteiger partial charge < -0.3 is 4.42 Å². The molecule has 0 fully saturated rings. The lowest BCUT2D eigenvalue weighted by Crippen LogP contribution is -2.15. The number of aryl methyl sites for hydroxylation is 2. The van der Waals surface area contributed by atoms with E-state index >= 15 is 0 Å². The fraction of sp³-hybridized carbons (Fsp3) is 0.182. The highest BCUT2D eigenvalue weighted by molar-refractivity contribution is 7.92. The standard InChI is InChI=1S/C22H21N5O6S2/c1-14-3-7-16(8-4-14)22(28)21-18(11-23-26-21)34(29,30)12-19-24-25-20(33-19)13-35(31,32)27-17-9-5-15(2)6-10-17/h3-11,27H,12-13H2,1-2H3,(H,23,26). The monoisotopic (exact) mass is 515 g/mol. The third kappa shape index (κ3) is 5.81. The lowest BCUT2D eigenvalue weighted by atomic mass is 10.1. The summed E-state index contributed by atoms with van der Waals surface area (Å²) < 4.78 is 58.4. The van der Waals surface area contributed by atoms with E-state index in [0.29, 0.717) is 11.3 Å². The molecule has 2 N–H and O–H groups in total. The number of anilines is 1. The first kappa shape index (κ1) is 24.3. The van der Waals surface area contributed by atoms with Crippen molar-refractivity contribution in [2.24, 2.45) is 0 Å². The fourth-order valence-corrected chi connectivity index (χ4v) is 5.44. The van der Waals surface area contributed by atoms with Crippen LogP contribution in [0.4, 0.5) is 5.69 Å². The normalized spacial score (nSPS) is 11.9. The molecule has 2 aromatic carbocycles. The summed E-state index contributed by atoms with van der Waals surface area (Å²) in [5, 5.41) is 13.5. The Labute approximate surface area is 201 Å². The van der Waals surface area contributed by atoms with Gasteiger partial charge in [0.2, 0.25) is 27.6 Å². The summed E-state index contributed by atoms with van der Waals surface area (Å²) in [6.45, 7) is 3.74. The number of nitrogens with zero attached hydrogens (tertiary/aromatic N) is 3. The molecule has 0 saturated heterocycles. The van der Waals surface area contributed by atoms with Crippen LogP contribution in [0.15, 0.2) is 64.0 Å². The first-order valence-electron chi connectivity index (χ1n) is 10.3. The summed E-state index contributed by atoms with van der Waals surface area (Å²) >= 11 is 0. The number of aromatic nitrogens is 4. The summed E-state index contributed by atoms with van der Waals surface area (Å²) in [5.41, 5.74) is 2.38. The van der Waals surface area contributed by atoms with Crippen LogP contribution in [0.25, 0.3) is 0 Å². The van der Waals surface area contributed by atoms with Crippen molar-refractivity contribution in [3.05, 3.63) is 88.9 Å². The molecule has 0 aliphatic heterocycles. The average Bonchev–Trinajstić information content (AvgIpc) is 3.45. The van der Waals surface area contributed by atoms with Crippen molar-refractivity contribution in [2.45, 2.75) is 30.2 Å². The Hall–Kier alpha value is -3.84. The Morgan fingerprint density at radius 3 is 2.09 bits per heavy atom. The molecule has 0 unspecified atom stereocenters. The van der Waals surface area contributed by atoms with Gasteiger partial charge in [-0.1, -0.05) is 47.5 Å². The van der Waals surface area contributed by atoms with Gasteiger partial charge in [0.25, 0.3) is 0 Å². The second-order valence-corrected chi connectivity index (χ2v) is 11.6. The topological polar surface area (TPSA) is 165 Å². The highest BCUT2D eigenvalue weighted by Gasteiger charge is 2.28. The van der Waals surface area contributed by atoms with Crippen LogP contribution in [-0.2, 0) is 31.4 Å². The number of hydrogen-bond acceptors (Lipinski definition) is 9. The minimum Gasteiger partial charge on any atom is -0.423 e. The minimum absolute atomic E-state index is 0.196. The van der Waals surface area contributed by atoms with Crippen molar-refractivity contribution in [1.82, 2.24) is 20.4 Å². The van der Waals surface area contributed by atoms with Gasteiger partial charge in [-0.15, -0.1) is 10.2 Å². The second-order valence-electron chi connectivity index (χ2n) is 7.88. The van der Waals surface area contributed by atoms with Gasteiger partial charge in [-0.2, -0.15) is 5.10 Å². The van der Waals surface area contributed by atoms with E-state index in [1.165, 1.54) is 0 Å². The summed E-state index contributed by atoms with van der Waals surface area (Å²) in [6.07, 6.45) is 1.03. The van der Waals surface area contributed by atoms with E-state index in [0.717, 1.165) is 17.3 Å². The maximum absolute atomic E-state index is 13.0. The first-order valence-corrected chi connectivity index (χ1v) is 13.6. The van der Waals surface area contributed by atoms with Crippen molar-refractivity contribution >= 4 is 31.3 Å². The van der Waals surface area contributed by atoms with E-state index in [1.54, 1.807) is 48.5 Å². The quantitative estimate of drug-likeness (QED) is 0.319. The van der Waals surface area contributed by atoms with Gasteiger partial charge in [0.15, 0.2) is 9.84 Å². The highest BCUT2D eigenvalue weighted by Crippen LogP contribution is 2.22. The molecule has 11 nitrogen and oxygen atoms in total. The number of nitrogens with one attached hydrogen (secondary N) is 2. The van der Waals surface area contributed by atoms with Crippen molar-refractivity contribution in [2.75, 3.05) is 4.72 Å². The van der Waals surface area contributed by atoms with Crippen LogP contribution >= 0.6 is 0 Å². The van der Waals surface area contributed by atoms with E-state index in [1.807, 2.05) is 13.8 Å². The molecule has 0 atom stereocenters. The first-order chi connectivity index (χ1) is 16.5. The molecule has 2 aromatic heterocycles. The number of ketones is 1. The Morgan fingerprint density at radius 1 is 0.886 bits per heavy atom. The Balaban J connectivity index is 1.48. The molecule has 4 aromatic rings. The van der Waals surface area contributed by atoms with Crippen molar-refractivity contribution in [3.8, 4) is 0 Å². The summed E-state index contributed by atoms with van der Waals surface area (Å²) in [4.78, 5) is 12.5. The SMILES string of the molecule is Cc1ccc(NS(=O)(=O)Cc2nnc(CS(=O)(=O)c3cn[nH]c3C(=O)c3ccc(C)cc3)o2)cc1. The zero-order valence-corrected chi connectivity index (χ0v) is 20.4. The molecular formula is C22H21N5O6S2. The Kier molecular flexibility index (Phi) is 6.54. The van der Waals surface area contributed by atoms with Gasteiger partial charge in [0.1, 0.15) is 22.1 Å². The zero-order chi connectivity index (χ0) is 25.2. The molecule has 35 heavy (non-hydrogen) atoms. The number of aromatic amines is 1. The van der Waals surface area contributed by atoms with Gasteiger partial charge in [0.05, 0.1) is 6.20 Å². The van der Waals surface area contributed by atoms with Crippen LogP contribution in [-0.4, -0.2) is 43.0 Å². The molecule has 0 amide bonds. The van der Waals surface area contributed by atoms with Crippen LogP contribution in [0.5, 0.6) is 0 Å². The highest BCUT2D eigenvalue weighted by atomic mass is 32.2. The lowest BCUT2D eigenvalue weighted by molar-refractivity contribution is 0.103. The number of sulfonamides is 1. The molecule has 2 heterocycles. The van der Waals surface area contributed by atoms with E-state index in [-0.39, 0.29) is 22.4 Å². The van der Waals surface area contributed by atoms with E-state index in [9.17, 15) is 21.6 Å². The number of rotatable bonds is 9. The lowest BCUT2D eigenvalue weighted by Gasteiger charge is -2.06. The maximum Gasteiger partial charge on any atom is 0.241 e. The number of carbonyl (C=O) groups excluding carboxylic acids is 1. The number of benzene rings is 2. The van der Waals surface area contributed by atoms with Gasteiger partial charge in [0, 0.05) is 11.3 Å². The molecular weight excluding hydrogens is 494 g/mol. The predicted octanol–water partition coefficient (Wildman–Crippen LogP) is 2.56. The molecule has 0 bridgehead atoms. The van der Waals surface area contributed by atoms with Crippen LogP contribution in [0.1, 0.15) is 39.0 Å². The minimum atomic E-state index is -4.12. The molecule has 4 rings (SSSR count). The summed E-state index contributed by atoms with van der Waals surface area (Å²) in [6, 6.07) is 13.4. The number of H-pyrrole nitrogens is 1. The second kappa shape index (κ2) is 9.43. The number of carbonyl (C=O) groups is 1. The van der Waals surface area contributed by atoms with Gasteiger partial charge in [-0.3, -0.25) is 14.6 Å². The third-order valence-corrected chi connectivity index (χ3v) is 7.72. The molecule has 0 aliphatic carbocycles. The molecule has 13 heteroatoms. The van der Waals surface area contributed by atoms with Crippen LogP contribution in [0.2, 0.25) is 0 Å². The smallest absolute Gasteiger partial charge is 0.241 e. The van der Waals surface area contributed by atoms with Gasteiger partial charge >= 0.3 is 0 Å². The summed E-state index contributed by atoms with van der Waals surface area (Å²) in [7, 11) is -8.00. The van der Waals surface area contributed by atoms with Crippen molar-refractivity contribution < 1.29 is 26.0 Å². The summed E-state index contributed by atoms with van der Waals surface area (Å²) in [5.74, 6) is -2.52. The number of sulfone groups is 1. The van der Waals surface area contributed by atoms with E-state index in [4.69, 9.17) is 4.42 Å². The van der Waals surface area contributed by atoms with Gasteiger partial charge in [-0.05, 0) is 26.0 Å². The predicted molar refractivity (Wildman–Crippen MR) is 126 cm³/mol. The van der Waals surface area contributed by atoms with Crippen molar-refractivity contribution in [1.29, 1.82) is 0 Å². The molecule has 0 aliphatic rings. The van der Waals surface area contributed by atoms with E-state index < -0.39 is 37.1 Å². The third-order valence-electron chi connectivity index (χ3n) is 4.94. The molecule has 0 radical (unpaired) electrons. The van der Waals surface area contributed by atoms with Crippen LogP contribution < -0.4 is 4.72 Å². The largest absolute Gasteiger partial charge is 0.423 e. The van der Waals surface area contributed by atoms with E-state index in [2.05, 4.69) is 25.1 Å². The molecule has 0 saturated carbocycles. The van der Waals surface area contributed by atoms with Crippen LogP contribution in [0, 0.1) is 13.8 Å². The number of hydrogen-bond donors (Lipinski definition) is 2. The maximum atomic E-state index is 13.0. The zero-order valence-electron chi connectivity index (χ0n) is 18.7. The average molecular weight is 516 g/mol. The van der Waals surface area contributed by atoms with Crippen molar-refractivity contribution in [3.63, 3.8) is 0 Å². The molecule has 182 valence electrons. The van der Waals surface area contributed by atoms with Crippen LogP contribution in [0.3, 0.4) is 0 Å². The Bertz CT molecular complexity index is 1570. The molecule has 0 spiro atoms. The fourth-order valence-electron chi connectivity index (χ4n) is 3.17. The Morgan fingerprint density at radius 2 is 1.46 bits per heavy atom. The van der Waals surface area contributed by atoms with Gasteiger partial charge in [-0.25, -0.2) is 16.8 Å².